The Hall–Kier alpha value is -1.10. The smallest absolute Gasteiger partial charge is 0.323 e. The van der Waals surface area contributed by atoms with Crippen LogP contribution in [0, 0.1) is 0 Å². The molecule has 0 spiro atoms. The van der Waals surface area contributed by atoms with E-state index in [1.54, 1.807) is 0 Å². The molecule has 1 saturated carbocycles. The number of aliphatic carboxylic acids is 1. The Morgan fingerprint density at radius 2 is 1.83 bits per heavy atom. The van der Waals surface area contributed by atoms with E-state index in [4.69, 9.17) is 9.84 Å². The van der Waals surface area contributed by atoms with Gasteiger partial charge in [0.15, 0.2) is 0 Å². The lowest BCUT2D eigenvalue weighted by Gasteiger charge is -2.34. The number of carbonyl (C=O) groups is 2. The van der Waals surface area contributed by atoms with Gasteiger partial charge in [-0.1, -0.05) is 19.3 Å². The van der Waals surface area contributed by atoms with Crippen LogP contribution in [0.4, 0.5) is 0 Å². The number of rotatable bonds is 4. The van der Waals surface area contributed by atoms with E-state index in [9.17, 15) is 9.59 Å². The maximum atomic E-state index is 12.3. The van der Waals surface area contributed by atoms with Crippen LogP contribution in [0.15, 0.2) is 0 Å². The monoisotopic (exact) mass is 255 g/mol. The van der Waals surface area contributed by atoms with Gasteiger partial charge in [-0.15, -0.1) is 0 Å². The summed E-state index contributed by atoms with van der Waals surface area (Å²) >= 11 is 0. The predicted octanol–water partition coefficient (Wildman–Crippen LogP) is 1.41. The van der Waals surface area contributed by atoms with Crippen molar-refractivity contribution in [1.29, 1.82) is 0 Å². The number of carboxylic acid groups (broad SMARTS) is 1. The van der Waals surface area contributed by atoms with Crippen molar-refractivity contribution in [2.45, 2.75) is 57.1 Å². The third-order valence-electron chi connectivity index (χ3n) is 3.81. The first-order valence-corrected chi connectivity index (χ1v) is 6.82. The lowest BCUT2D eigenvalue weighted by molar-refractivity contribution is -0.152. The zero-order chi connectivity index (χ0) is 13.0. The maximum absolute atomic E-state index is 12.3. The van der Waals surface area contributed by atoms with Crippen molar-refractivity contribution < 1.29 is 19.4 Å². The molecule has 1 N–H and O–H groups in total. The first-order chi connectivity index (χ1) is 8.68. The van der Waals surface area contributed by atoms with Crippen LogP contribution in [0.1, 0.15) is 44.9 Å². The highest BCUT2D eigenvalue weighted by Crippen LogP contribution is 2.25. The van der Waals surface area contributed by atoms with E-state index >= 15 is 0 Å². The Kier molecular flexibility index (Phi) is 4.58. The van der Waals surface area contributed by atoms with Gasteiger partial charge in [-0.3, -0.25) is 9.59 Å². The van der Waals surface area contributed by atoms with Crippen LogP contribution in [-0.2, 0) is 14.3 Å². The Bertz CT molecular complexity index is 306. The van der Waals surface area contributed by atoms with Gasteiger partial charge in [0.2, 0.25) is 0 Å². The minimum atomic E-state index is -0.938. The Labute approximate surface area is 107 Å². The molecule has 2 rings (SSSR count). The van der Waals surface area contributed by atoms with Gasteiger partial charge in [0.05, 0.1) is 0 Å². The van der Waals surface area contributed by atoms with E-state index in [0.717, 1.165) is 38.5 Å². The van der Waals surface area contributed by atoms with E-state index < -0.39 is 12.1 Å². The van der Waals surface area contributed by atoms with Crippen molar-refractivity contribution in [2.24, 2.45) is 0 Å². The number of carbonyl (C=O) groups excluding carboxylic acids is 1. The highest BCUT2D eigenvalue weighted by molar-refractivity contribution is 5.85. The van der Waals surface area contributed by atoms with Crippen LogP contribution in [0.25, 0.3) is 0 Å². The molecule has 18 heavy (non-hydrogen) atoms. The molecule has 2 aliphatic rings. The molecule has 1 atom stereocenters. The molecule has 5 heteroatoms. The lowest BCUT2D eigenvalue weighted by atomic mass is 9.93. The second kappa shape index (κ2) is 6.18. The van der Waals surface area contributed by atoms with Crippen LogP contribution < -0.4 is 0 Å². The summed E-state index contributed by atoms with van der Waals surface area (Å²) in [6.45, 7) is 0.422. The van der Waals surface area contributed by atoms with Crippen LogP contribution in [0.5, 0.6) is 0 Å². The van der Waals surface area contributed by atoms with Crippen LogP contribution in [0.2, 0.25) is 0 Å². The summed E-state index contributed by atoms with van der Waals surface area (Å²) in [5.74, 6) is -1.06. The third-order valence-corrected chi connectivity index (χ3v) is 3.81. The van der Waals surface area contributed by atoms with Gasteiger partial charge in [0.1, 0.15) is 12.6 Å². The Morgan fingerprint density at radius 1 is 1.11 bits per heavy atom. The number of nitrogens with zero attached hydrogens (tertiary/aromatic N) is 1. The van der Waals surface area contributed by atoms with Gasteiger partial charge in [0, 0.05) is 12.6 Å². The van der Waals surface area contributed by atoms with Gasteiger partial charge < -0.3 is 14.7 Å². The summed E-state index contributed by atoms with van der Waals surface area (Å²) < 4.78 is 5.38. The van der Waals surface area contributed by atoms with Crippen LogP contribution in [-0.4, -0.2) is 47.2 Å². The van der Waals surface area contributed by atoms with Crippen molar-refractivity contribution in [2.75, 3.05) is 13.2 Å². The number of amides is 1. The van der Waals surface area contributed by atoms with Crippen LogP contribution >= 0.6 is 0 Å². The van der Waals surface area contributed by atoms with Gasteiger partial charge >= 0.3 is 5.97 Å². The molecular formula is C13H21NO4. The van der Waals surface area contributed by atoms with Crippen molar-refractivity contribution in [1.82, 2.24) is 4.90 Å². The first kappa shape index (κ1) is 13.3. The average Bonchev–Trinajstić information content (AvgIpc) is 2.90. The molecule has 0 bridgehead atoms. The molecule has 2 fully saturated rings. The summed E-state index contributed by atoms with van der Waals surface area (Å²) in [5, 5.41) is 8.97. The second-order valence-electron chi connectivity index (χ2n) is 5.15. The highest BCUT2D eigenvalue weighted by atomic mass is 16.5. The Morgan fingerprint density at radius 3 is 2.39 bits per heavy atom. The quantitative estimate of drug-likeness (QED) is 0.824. The lowest BCUT2D eigenvalue weighted by Crippen LogP contribution is -2.48. The van der Waals surface area contributed by atoms with Crippen LogP contribution in [0.3, 0.4) is 0 Å². The molecule has 1 heterocycles. The molecule has 1 aliphatic carbocycles. The zero-order valence-electron chi connectivity index (χ0n) is 10.6. The molecule has 0 aromatic rings. The SMILES string of the molecule is O=C(O)CN(C(=O)C1CCCO1)C1CCCCC1. The van der Waals surface area contributed by atoms with Gasteiger partial charge in [-0.25, -0.2) is 0 Å². The van der Waals surface area contributed by atoms with E-state index in [1.165, 1.54) is 11.3 Å². The molecular weight excluding hydrogens is 234 g/mol. The standard InChI is InChI=1S/C13H21NO4/c15-12(16)9-14(10-5-2-1-3-6-10)13(17)11-7-4-8-18-11/h10-11H,1-9H2,(H,15,16). The van der Waals surface area contributed by atoms with E-state index in [0.29, 0.717) is 6.61 Å². The van der Waals surface area contributed by atoms with E-state index in [-0.39, 0.29) is 18.5 Å². The van der Waals surface area contributed by atoms with E-state index in [2.05, 4.69) is 0 Å². The fourth-order valence-electron chi connectivity index (χ4n) is 2.88. The molecule has 5 nitrogen and oxygen atoms in total. The van der Waals surface area contributed by atoms with Gasteiger partial charge in [-0.05, 0) is 25.7 Å². The zero-order valence-corrected chi connectivity index (χ0v) is 10.6. The predicted molar refractivity (Wildman–Crippen MR) is 65.2 cm³/mol. The van der Waals surface area contributed by atoms with Crippen molar-refractivity contribution in [3.8, 4) is 0 Å². The molecule has 0 radical (unpaired) electrons. The number of carboxylic acids is 1. The molecule has 1 aliphatic heterocycles. The summed E-state index contributed by atoms with van der Waals surface area (Å²) in [4.78, 5) is 24.8. The molecule has 102 valence electrons. The second-order valence-corrected chi connectivity index (χ2v) is 5.15. The number of ether oxygens (including phenoxy) is 1. The fraction of sp³-hybridized carbons (Fsp3) is 0.846. The van der Waals surface area contributed by atoms with Crippen molar-refractivity contribution >= 4 is 11.9 Å². The maximum Gasteiger partial charge on any atom is 0.323 e. The van der Waals surface area contributed by atoms with E-state index in [1.807, 2.05) is 0 Å². The minimum Gasteiger partial charge on any atom is -0.480 e. The Balaban J connectivity index is 2.02. The molecule has 1 saturated heterocycles. The average molecular weight is 255 g/mol. The molecule has 0 aromatic heterocycles. The summed E-state index contributed by atoms with van der Waals surface area (Å²) in [6, 6.07) is 0.0894. The molecule has 1 amide bonds. The summed E-state index contributed by atoms with van der Waals surface area (Å²) in [7, 11) is 0. The molecule has 1 unspecified atom stereocenters. The first-order valence-electron chi connectivity index (χ1n) is 6.82. The normalized spacial score (nSPS) is 25.0. The highest BCUT2D eigenvalue weighted by Gasteiger charge is 2.33. The summed E-state index contributed by atoms with van der Waals surface area (Å²) in [5.41, 5.74) is 0. The number of hydrogen-bond donors (Lipinski definition) is 1. The fourth-order valence-corrected chi connectivity index (χ4v) is 2.88. The topological polar surface area (TPSA) is 66.8 Å². The van der Waals surface area contributed by atoms with Crippen molar-refractivity contribution in [3.05, 3.63) is 0 Å². The molecule has 0 aromatic carbocycles. The van der Waals surface area contributed by atoms with Gasteiger partial charge in [0.25, 0.3) is 5.91 Å². The van der Waals surface area contributed by atoms with Gasteiger partial charge in [-0.2, -0.15) is 0 Å². The van der Waals surface area contributed by atoms with Crippen molar-refractivity contribution in [3.63, 3.8) is 0 Å². The summed E-state index contributed by atoms with van der Waals surface area (Å²) in [6.07, 6.45) is 6.40. The third kappa shape index (κ3) is 3.22. The number of hydrogen-bond acceptors (Lipinski definition) is 3. The largest absolute Gasteiger partial charge is 0.480 e. The minimum absolute atomic E-state index is 0.0894.